The van der Waals surface area contributed by atoms with E-state index in [0.29, 0.717) is 28.2 Å². The molecular weight excluding hydrogens is 391 g/mol. The fourth-order valence-electron chi connectivity index (χ4n) is 3.13. The predicted octanol–water partition coefficient (Wildman–Crippen LogP) is 3.38. The van der Waals surface area contributed by atoms with E-state index >= 15 is 0 Å². The van der Waals surface area contributed by atoms with Crippen LogP contribution >= 0.6 is 11.8 Å². The number of halogens is 1. The Kier molecular flexibility index (Phi) is 4.08. The van der Waals surface area contributed by atoms with Gasteiger partial charge >= 0.3 is 0 Å². The first kappa shape index (κ1) is 17.7. The van der Waals surface area contributed by atoms with E-state index in [4.69, 9.17) is 0 Å². The highest BCUT2D eigenvalue weighted by atomic mass is 32.2. The molecule has 2 heterocycles. The largest absolute Gasteiger partial charge is 0.321 e. The number of nitrogens with zero attached hydrogens (tertiary/aromatic N) is 2. The molecular formula is C18H13FN2O4S2. The molecule has 1 aliphatic heterocycles. The molecule has 6 nitrogen and oxygen atoms in total. The fraction of sp³-hybridized carbons (Fsp3) is 0.111. The summed E-state index contributed by atoms with van der Waals surface area (Å²) in [5, 5.41) is -0.184. The molecule has 0 radical (unpaired) electrons. The standard InChI is InChI=1S/C18H13FN2O4S2/c1-20-16(17(22)26-18(20)23)14-10-21(15-5-3-2-4-13(14)15)27(24,25)12-8-6-11(19)7-9-12/h2-10,16H,1H3. The van der Waals surface area contributed by atoms with Crippen molar-refractivity contribution in [2.45, 2.75) is 10.9 Å². The van der Waals surface area contributed by atoms with Crippen LogP contribution in [0.2, 0.25) is 0 Å². The molecule has 3 aromatic rings. The van der Waals surface area contributed by atoms with Crippen molar-refractivity contribution in [2.75, 3.05) is 7.05 Å². The maximum Gasteiger partial charge on any atom is 0.289 e. The second-order valence-electron chi connectivity index (χ2n) is 6.06. The minimum Gasteiger partial charge on any atom is -0.321 e. The number of rotatable bonds is 3. The first-order valence-electron chi connectivity index (χ1n) is 7.90. The Balaban J connectivity index is 1.95. The van der Waals surface area contributed by atoms with E-state index in [2.05, 4.69) is 0 Å². The van der Waals surface area contributed by atoms with Gasteiger partial charge in [-0.1, -0.05) is 18.2 Å². The van der Waals surface area contributed by atoms with E-state index in [1.807, 2.05) is 0 Å². The molecule has 1 saturated heterocycles. The molecule has 0 spiro atoms. The molecule has 138 valence electrons. The summed E-state index contributed by atoms with van der Waals surface area (Å²) in [7, 11) is -2.51. The Morgan fingerprint density at radius 2 is 1.70 bits per heavy atom. The zero-order valence-corrected chi connectivity index (χ0v) is 15.6. The molecule has 1 atom stereocenters. The number of hydrogen-bond acceptors (Lipinski definition) is 5. The van der Waals surface area contributed by atoms with Crippen molar-refractivity contribution in [2.24, 2.45) is 0 Å². The van der Waals surface area contributed by atoms with Gasteiger partial charge in [0.05, 0.1) is 10.4 Å². The fourth-order valence-corrected chi connectivity index (χ4v) is 5.32. The molecule has 4 rings (SSSR count). The van der Waals surface area contributed by atoms with Gasteiger partial charge in [-0.15, -0.1) is 0 Å². The number of likely N-dealkylation sites (N-methyl/N-ethyl adjacent to an activating group) is 1. The first-order valence-corrected chi connectivity index (χ1v) is 10.2. The van der Waals surface area contributed by atoms with Crippen LogP contribution in [0.25, 0.3) is 10.9 Å². The number of carbonyl (C=O) groups excluding carboxylic acids is 2. The SMILES string of the molecule is CN1C(=O)SC(=O)C1c1cn(S(=O)(=O)c2ccc(F)cc2)c2ccccc12. The summed E-state index contributed by atoms with van der Waals surface area (Å²) in [6, 6.07) is 10.4. The highest BCUT2D eigenvalue weighted by Crippen LogP contribution is 2.39. The highest BCUT2D eigenvalue weighted by molar-refractivity contribution is 8.26. The second-order valence-corrected chi connectivity index (χ2v) is 8.83. The summed E-state index contributed by atoms with van der Waals surface area (Å²) in [6.45, 7) is 0. The van der Waals surface area contributed by atoms with E-state index in [0.717, 1.165) is 16.1 Å². The Bertz CT molecular complexity index is 1190. The molecule has 27 heavy (non-hydrogen) atoms. The Hall–Kier alpha value is -2.65. The smallest absolute Gasteiger partial charge is 0.289 e. The van der Waals surface area contributed by atoms with Crippen LogP contribution in [0.3, 0.4) is 0 Å². The molecule has 0 N–H and O–H groups in total. The average molecular weight is 404 g/mol. The van der Waals surface area contributed by atoms with Gasteiger partial charge in [0.1, 0.15) is 11.9 Å². The monoisotopic (exact) mass is 404 g/mol. The Labute approximate surface area is 158 Å². The molecule has 1 unspecified atom stereocenters. The number of fused-ring (bicyclic) bond motifs is 1. The van der Waals surface area contributed by atoms with Gasteiger partial charge in [0.25, 0.3) is 15.3 Å². The van der Waals surface area contributed by atoms with Gasteiger partial charge < -0.3 is 4.90 Å². The third-order valence-electron chi connectivity index (χ3n) is 4.46. The number of para-hydroxylation sites is 1. The zero-order valence-electron chi connectivity index (χ0n) is 14.0. The van der Waals surface area contributed by atoms with Crippen LogP contribution in [0.5, 0.6) is 0 Å². The maximum absolute atomic E-state index is 13.2. The van der Waals surface area contributed by atoms with Crippen LogP contribution < -0.4 is 0 Å². The van der Waals surface area contributed by atoms with E-state index in [1.165, 1.54) is 30.3 Å². The first-order chi connectivity index (χ1) is 12.8. The Morgan fingerprint density at radius 1 is 1.04 bits per heavy atom. The quantitative estimate of drug-likeness (QED) is 0.669. The van der Waals surface area contributed by atoms with Gasteiger partial charge in [-0.3, -0.25) is 9.59 Å². The number of amides is 1. The Morgan fingerprint density at radius 3 is 2.33 bits per heavy atom. The van der Waals surface area contributed by atoms with Gasteiger partial charge in [-0.05, 0) is 30.3 Å². The highest BCUT2D eigenvalue weighted by Gasteiger charge is 2.40. The third-order valence-corrected chi connectivity index (χ3v) is 7.04. The topological polar surface area (TPSA) is 76.5 Å². The van der Waals surface area contributed by atoms with Crippen LogP contribution in [-0.2, 0) is 14.8 Å². The molecule has 9 heteroatoms. The predicted molar refractivity (Wildman–Crippen MR) is 99.4 cm³/mol. The lowest BCUT2D eigenvalue weighted by atomic mass is 10.1. The van der Waals surface area contributed by atoms with E-state index in [9.17, 15) is 22.4 Å². The lowest BCUT2D eigenvalue weighted by Crippen LogP contribution is -2.23. The van der Waals surface area contributed by atoms with E-state index in [1.54, 1.807) is 24.3 Å². The van der Waals surface area contributed by atoms with Gasteiger partial charge in [0, 0.05) is 36.0 Å². The van der Waals surface area contributed by atoms with Crippen molar-refractivity contribution in [3.8, 4) is 0 Å². The van der Waals surface area contributed by atoms with E-state index < -0.39 is 21.9 Å². The summed E-state index contributed by atoms with van der Waals surface area (Å²) >= 11 is 0.602. The number of benzene rings is 2. The van der Waals surface area contributed by atoms with E-state index in [-0.39, 0.29) is 15.2 Å². The van der Waals surface area contributed by atoms with Crippen molar-refractivity contribution in [1.29, 1.82) is 0 Å². The molecule has 1 aliphatic rings. The van der Waals surface area contributed by atoms with Gasteiger partial charge in [0.2, 0.25) is 5.12 Å². The summed E-state index contributed by atoms with van der Waals surface area (Å²) in [5.41, 5.74) is 0.810. The third kappa shape index (κ3) is 2.74. The van der Waals surface area contributed by atoms with Crippen molar-refractivity contribution >= 4 is 43.0 Å². The van der Waals surface area contributed by atoms with Crippen LogP contribution in [0.1, 0.15) is 11.6 Å². The number of hydrogen-bond donors (Lipinski definition) is 0. The minimum absolute atomic E-state index is 0.0762. The molecule has 1 aromatic heterocycles. The lowest BCUT2D eigenvalue weighted by Gasteiger charge is -2.16. The van der Waals surface area contributed by atoms with Crippen molar-refractivity contribution < 1.29 is 22.4 Å². The van der Waals surface area contributed by atoms with Gasteiger partial charge in [-0.25, -0.2) is 16.8 Å². The summed E-state index contributed by atoms with van der Waals surface area (Å²) in [6.07, 6.45) is 1.36. The van der Waals surface area contributed by atoms with Crippen LogP contribution in [0.15, 0.2) is 59.6 Å². The van der Waals surface area contributed by atoms with Crippen LogP contribution in [0, 0.1) is 5.82 Å². The van der Waals surface area contributed by atoms with Crippen molar-refractivity contribution in [3.63, 3.8) is 0 Å². The molecule has 0 saturated carbocycles. The normalized spacial score (nSPS) is 17.9. The van der Waals surface area contributed by atoms with Crippen molar-refractivity contribution in [1.82, 2.24) is 8.87 Å². The summed E-state index contributed by atoms with van der Waals surface area (Å²) in [4.78, 5) is 25.4. The molecule has 0 aliphatic carbocycles. The van der Waals surface area contributed by atoms with Gasteiger partial charge in [-0.2, -0.15) is 0 Å². The molecule has 2 aromatic carbocycles. The van der Waals surface area contributed by atoms with Crippen LogP contribution in [0.4, 0.5) is 9.18 Å². The summed E-state index contributed by atoms with van der Waals surface area (Å²) in [5.74, 6) is -0.541. The zero-order chi connectivity index (χ0) is 19.3. The molecule has 0 bridgehead atoms. The minimum atomic E-state index is -4.01. The molecule has 1 fully saturated rings. The molecule has 1 amide bonds. The number of carbonyl (C=O) groups is 2. The van der Waals surface area contributed by atoms with Crippen molar-refractivity contribution in [3.05, 3.63) is 66.1 Å². The van der Waals surface area contributed by atoms with Crippen LogP contribution in [-0.4, -0.2) is 34.7 Å². The second kappa shape index (κ2) is 6.21. The average Bonchev–Trinajstić information content (AvgIpc) is 3.13. The lowest BCUT2D eigenvalue weighted by molar-refractivity contribution is -0.113. The number of thioether (sulfide) groups is 1. The maximum atomic E-state index is 13.2. The number of aromatic nitrogens is 1. The summed E-state index contributed by atoms with van der Waals surface area (Å²) < 4.78 is 40.4. The van der Waals surface area contributed by atoms with Gasteiger partial charge in [0.15, 0.2) is 0 Å².